The van der Waals surface area contributed by atoms with Crippen molar-refractivity contribution in [3.05, 3.63) is 102 Å². The predicted molar refractivity (Wildman–Crippen MR) is 131 cm³/mol. The molecule has 0 radical (unpaired) electrons. The lowest BCUT2D eigenvalue weighted by atomic mass is 10.0. The molecule has 33 heavy (non-hydrogen) atoms. The van der Waals surface area contributed by atoms with Gasteiger partial charge in [-0.1, -0.05) is 67.6 Å². The molecule has 2 atom stereocenters. The number of benzene rings is 3. The Balaban J connectivity index is 1.69. The lowest BCUT2D eigenvalue weighted by Crippen LogP contribution is -2.37. The van der Waals surface area contributed by atoms with Gasteiger partial charge in [0.15, 0.2) is 0 Å². The third kappa shape index (κ3) is 5.10. The second-order valence-corrected chi connectivity index (χ2v) is 8.45. The summed E-state index contributed by atoms with van der Waals surface area (Å²) >= 11 is -2.67. The third-order valence-electron chi connectivity index (χ3n) is 5.50. The maximum absolute atomic E-state index is 13.3. The van der Waals surface area contributed by atoms with Gasteiger partial charge in [0.25, 0.3) is 5.91 Å². The Morgan fingerprint density at radius 1 is 0.970 bits per heavy atom. The molecule has 1 N–H and O–H groups in total. The summed E-state index contributed by atoms with van der Waals surface area (Å²) in [6, 6.07) is 25.6. The third-order valence-corrected chi connectivity index (χ3v) is 6.19. The second-order valence-electron chi connectivity index (χ2n) is 7.65. The van der Waals surface area contributed by atoms with E-state index in [1.807, 2.05) is 49.4 Å². The number of nitrogens with one attached hydrogen (secondary N) is 1. The van der Waals surface area contributed by atoms with E-state index in [1.165, 1.54) is 0 Å². The number of amides is 1. The summed E-state index contributed by atoms with van der Waals surface area (Å²) in [7, 11) is 0. The zero-order valence-corrected chi connectivity index (χ0v) is 19.0. The molecule has 7 heteroatoms. The van der Waals surface area contributed by atoms with Crippen molar-refractivity contribution in [1.82, 2.24) is 10.3 Å². The van der Waals surface area contributed by atoms with Crippen molar-refractivity contribution >= 4 is 39.5 Å². The van der Waals surface area contributed by atoms with Crippen LogP contribution in [0.25, 0.3) is 10.9 Å². The molecule has 1 aromatic heterocycles. The molecule has 0 saturated heterocycles. The average molecular weight is 459 g/mol. The molecule has 3 aromatic carbocycles. The van der Waals surface area contributed by atoms with Crippen LogP contribution in [0.2, 0.25) is 0 Å². The van der Waals surface area contributed by atoms with Gasteiger partial charge in [0.05, 0.1) is 33.7 Å². The van der Waals surface area contributed by atoms with Crippen LogP contribution in [0.4, 0.5) is 11.4 Å². The molecular formula is C26H24N3O3S-. The van der Waals surface area contributed by atoms with Gasteiger partial charge in [-0.15, -0.1) is 0 Å². The maximum Gasteiger partial charge on any atom is 0.253 e. The number of carbonyl (C=O) groups is 1. The Labute approximate surface area is 195 Å². The highest BCUT2D eigenvalue weighted by molar-refractivity contribution is 7.81. The predicted octanol–water partition coefficient (Wildman–Crippen LogP) is 4.92. The minimum Gasteiger partial charge on any atom is -0.755 e. The molecule has 1 heterocycles. The van der Waals surface area contributed by atoms with Gasteiger partial charge in [0, 0.05) is 17.6 Å². The van der Waals surface area contributed by atoms with E-state index >= 15 is 0 Å². The maximum atomic E-state index is 13.3. The summed E-state index contributed by atoms with van der Waals surface area (Å²) in [6.45, 7) is 2.01. The summed E-state index contributed by atoms with van der Waals surface area (Å²) < 4.78 is 25.9. The standard InChI is InChI=1S/C26H25N3O3S/c1-2-21(18-19-10-4-3-5-11-19)28-26(30)22-14-6-7-15-23(22)29(33(31)32)24-16-8-12-20-13-9-17-27-25(20)24/h3-17,21H,2,18H2,1H3,(H,28,30)(H,31,32)/p-1. The van der Waals surface area contributed by atoms with Gasteiger partial charge >= 0.3 is 0 Å². The first-order valence-corrected chi connectivity index (χ1v) is 11.8. The Kier molecular flexibility index (Phi) is 7.12. The zero-order valence-electron chi connectivity index (χ0n) is 18.2. The molecule has 2 unspecified atom stereocenters. The molecule has 0 bridgehead atoms. The monoisotopic (exact) mass is 458 g/mol. The topological polar surface area (TPSA) is 85.4 Å². The van der Waals surface area contributed by atoms with E-state index in [1.54, 1.807) is 48.7 Å². The van der Waals surface area contributed by atoms with Crippen LogP contribution >= 0.6 is 0 Å². The van der Waals surface area contributed by atoms with Crippen molar-refractivity contribution in [2.45, 2.75) is 25.8 Å². The summed E-state index contributed by atoms with van der Waals surface area (Å²) in [4.78, 5) is 17.7. The van der Waals surface area contributed by atoms with Crippen LogP contribution in [0.3, 0.4) is 0 Å². The van der Waals surface area contributed by atoms with Crippen molar-refractivity contribution in [1.29, 1.82) is 0 Å². The van der Waals surface area contributed by atoms with Crippen LogP contribution in [0.5, 0.6) is 0 Å². The van der Waals surface area contributed by atoms with E-state index in [0.717, 1.165) is 21.7 Å². The molecule has 0 aliphatic carbocycles. The molecule has 0 spiro atoms. The summed E-state index contributed by atoms with van der Waals surface area (Å²) in [5.41, 5.74) is 2.60. The van der Waals surface area contributed by atoms with E-state index in [2.05, 4.69) is 10.3 Å². The van der Waals surface area contributed by atoms with Crippen molar-refractivity contribution in [2.24, 2.45) is 0 Å². The van der Waals surface area contributed by atoms with E-state index < -0.39 is 11.3 Å². The number of fused-ring (bicyclic) bond motifs is 1. The van der Waals surface area contributed by atoms with E-state index in [9.17, 15) is 13.6 Å². The number of aromatic nitrogens is 1. The number of anilines is 2. The Morgan fingerprint density at radius 2 is 1.67 bits per heavy atom. The molecule has 168 valence electrons. The molecule has 0 aliphatic rings. The fraction of sp³-hybridized carbons (Fsp3) is 0.154. The number of nitrogens with zero attached hydrogens (tertiary/aromatic N) is 2. The summed E-state index contributed by atoms with van der Waals surface area (Å²) in [6.07, 6.45) is 3.05. The highest BCUT2D eigenvalue weighted by Gasteiger charge is 2.22. The number of pyridine rings is 1. The van der Waals surface area contributed by atoms with Gasteiger partial charge < -0.3 is 9.87 Å². The lowest BCUT2D eigenvalue weighted by molar-refractivity contribution is 0.0936. The summed E-state index contributed by atoms with van der Waals surface area (Å²) in [5, 5.41) is 3.88. The van der Waals surface area contributed by atoms with Gasteiger partial charge in [0.2, 0.25) is 0 Å². The van der Waals surface area contributed by atoms with Crippen molar-refractivity contribution in [3.63, 3.8) is 0 Å². The Bertz CT molecular complexity index is 1270. The first-order chi connectivity index (χ1) is 16.1. The molecule has 0 aliphatic heterocycles. The number of hydrogen-bond acceptors (Lipinski definition) is 4. The highest BCUT2D eigenvalue weighted by atomic mass is 32.2. The molecule has 6 nitrogen and oxygen atoms in total. The van der Waals surface area contributed by atoms with Gasteiger partial charge in [-0.05, 0) is 42.7 Å². The van der Waals surface area contributed by atoms with Gasteiger partial charge in [-0.25, -0.2) is 0 Å². The van der Waals surface area contributed by atoms with Crippen molar-refractivity contribution in [2.75, 3.05) is 4.31 Å². The van der Waals surface area contributed by atoms with Crippen molar-refractivity contribution < 1.29 is 13.6 Å². The van der Waals surface area contributed by atoms with E-state index in [0.29, 0.717) is 17.6 Å². The zero-order chi connectivity index (χ0) is 23.2. The first-order valence-electron chi connectivity index (χ1n) is 10.8. The molecule has 4 rings (SSSR count). The molecule has 4 aromatic rings. The van der Waals surface area contributed by atoms with Crippen LogP contribution in [0.1, 0.15) is 29.3 Å². The van der Waals surface area contributed by atoms with Crippen LogP contribution in [-0.2, 0) is 17.7 Å². The van der Waals surface area contributed by atoms with Gasteiger partial charge in [-0.2, -0.15) is 0 Å². The largest absolute Gasteiger partial charge is 0.755 e. The molecular weight excluding hydrogens is 434 g/mol. The lowest BCUT2D eigenvalue weighted by Gasteiger charge is -2.29. The van der Waals surface area contributed by atoms with E-state index in [-0.39, 0.29) is 23.2 Å². The Hall–Kier alpha value is -3.55. The minimum atomic E-state index is -2.67. The van der Waals surface area contributed by atoms with Crippen LogP contribution in [0, 0.1) is 0 Å². The normalized spacial score (nSPS) is 12.8. The second kappa shape index (κ2) is 10.4. The average Bonchev–Trinajstić information content (AvgIpc) is 2.84. The highest BCUT2D eigenvalue weighted by Crippen LogP contribution is 2.34. The van der Waals surface area contributed by atoms with Crippen LogP contribution in [0.15, 0.2) is 91.1 Å². The molecule has 0 fully saturated rings. The van der Waals surface area contributed by atoms with Crippen molar-refractivity contribution in [3.8, 4) is 0 Å². The molecule has 1 amide bonds. The van der Waals surface area contributed by atoms with Gasteiger partial charge in [0.1, 0.15) is 0 Å². The minimum absolute atomic E-state index is 0.0848. The number of para-hydroxylation sites is 2. The first kappa shape index (κ1) is 22.6. The summed E-state index contributed by atoms with van der Waals surface area (Å²) in [5.74, 6) is -0.322. The fourth-order valence-electron chi connectivity index (χ4n) is 3.84. The Morgan fingerprint density at radius 3 is 2.42 bits per heavy atom. The number of carbonyl (C=O) groups excluding carboxylic acids is 1. The molecule has 0 saturated carbocycles. The number of hydrogen-bond donors (Lipinski definition) is 1. The fourth-order valence-corrected chi connectivity index (χ4v) is 4.47. The van der Waals surface area contributed by atoms with Gasteiger partial charge in [-0.3, -0.25) is 18.3 Å². The van der Waals surface area contributed by atoms with Crippen LogP contribution < -0.4 is 9.62 Å². The SMILES string of the molecule is CCC(Cc1ccccc1)NC(=O)c1ccccc1N(c1cccc2cccnc12)S(=O)[O-]. The quantitative estimate of drug-likeness (QED) is 0.380. The smallest absolute Gasteiger partial charge is 0.253 e. The van der Waals surface area contributed by atoms with E-state index in [4.69, 9.17) is 0 Å². The number of rotatable bonds is 8. The van der Waals surface area contributed by atoms with Crippen LogP contribution in [-0.4, -0.2) is 25.7 Å².